The maximum absolute atomic E-state index is 14.4. The standard InChI is InChI=1S/C19H20F4N6O2S/c1-32(30,31)28-6-4-13(5-7-28)26-18-25-11-17-14(20)8-16(29(17)27-18)15-3-2-12(10-24-15)9-19(21,22)23/h2-3,8,10-11,13H,4-7,9H2,1H3,(H,26,27). The summed E-state index contributed by atoms with van der Waals surface area (Å²) < 4.78 is 78.0. The van der Waals surface area contributed by atoms with Crippen molar-refractivity contribution in [2.75, 3.05) is 24.7 Å². The number of hydrogen-bond acceptors (Lipinski definition) is 6. The Morgan fingerprint density at radius 3 is 2.47 bits per heavy atom. The maximum atomic E-state index is 14.4. The lowest BCUT2D eigenvalue weighted by Gasteiger charge is -2.30. The fourth-order valence-corrected chi connectivity index (χ4v) is 4.50. The third kappa shape index (κ3) is 4.99. The van der Waals surface area contributed by atoms with Crippen LogP contribution >= 0.6 is 0 Å². The number of aromatic nitrogens is 4. The number of nitrogens with zero attached hydrogens (tertiary/aromatic N) is 5. The molecule has 0 atom stereocenters. The lowest BCUT2D eigenvalue weighted by Crippen LogP contribution is -2.42. The first kappa shape index (κ1) is 22.4. The summed E-state index contributed by atoms with van der Waals surface area (Å²) in [6.07, 6.45) is -0.745. The molecule has 0 aliphatic carbocycles. The Hall–Kier alpha value is -2.80. The van der Waals surface area contributed by atoms with E-state index in [0.29, 0.717) is 25.9 Å². The molecule has 13 heteroatoms. The number of alkyl halides is 3. The van der Waals surface area contributed by atoms with Crippen molar-refractivity contribution in [2.45, 2.75) is 31.5 Å². The van der Waals surface area contributed by atoms with Gasteiger partial charge in [-0.25, -0.2) is 26.6 Å². The number of fused-ring (bicyclic) bond motifs is 1. The molecule has 0 unspecified atom stereocenters. The van der Waals surface area contributed by atoms with E-state index in [1.807, 2.05) is 0 Å². The molecule has 0 aromatic carbocycles. The summed E-state index contributed by atoms with van der Waals surface area (Å²) >= 11 is 0. The van der Waals surface area contributed by atoms with E-state index in [2.05, 4.69) is 20.4 Å². The molecule has 1 aliphatic rings. The van der Waals surface area contributed by atoms with Gasteiger partial charge in [0.15, 0.2) is 5.82 Å². The Balaban J connectivity index is 1.55. The quantitative estimate of drug-likeness (QED) is 0.574. The lowest BCUT2D eigenvalue weighted by molar-refractivity contribution is -0.127. The molecule has 1 N–H and O–H groups in total. The van der Waals surface area contributed by atoms with Crippen molar-refractivity contribution < 1.29 is 26.0 Å². The van der Waals surface area contributed by atoms with Gasteiger partial charge in [-0.05, 0) is 24.5 Å². The van der Waals surface area contributed by atoms with Crippen LogP contribution in [0.25, 0.3) is 16.9 Å². The van der Waals surface area contributed by atoms with Gasteiger partial charge in [0, 0.05) is 31.4 Å². The molecule has 1 aliphatic heterocycles. The van der Waals surface area contributed by atoms with Crippen molar-refractivity contribution in [3.8, 4) is 11.4 Å². The number of anilines is 1. The van der Waals surface area contributed by atoms with Crippen molar-refractivity contribution in [3.05, 3.63) is 42.0 Å². The second-order valence-corrected chi connectivity index (χ2v) is 9.66. The van der Waals surface area contributed by atoms with E-state index in [4.69, 9.17) is 0 Å². The second-order valence-electron chi connectivity index (χ2n) is 7.68. The predicted octanol–water partition coefficient (Wildman–Crippen LogP) is 2.87. The Morgan fingerprint density at radius 2 is 1.88 bits per heavy atom. The van der Waals surface area contributed by atoms with Gasteiger partial charge in [0.2, 0.25) is 16.0 Å². The SMILES string of the molecule is CS(=O)(=O)N1CCC(Nc2ncc3c(F)cc(-c4ccc(CC(F)(F)F)cn4)n3n2)CC1. The zero-order valence-electron chi connectivity index (χ0n) is 17.0. The van der Waals surface area contributed by atoms with E-state index < -0.39 is 28.4 Å². The van der Waals surface area contributed by atoms with E-state index in [0.717, 1.165) is 6.20 Å². The molecule has 1 fully saturated rings. The minimum absolute atomic E-state index is 0.000000961. The van der Waals surface area contributed by atoms with Crippen LogP contribution in [0.15, 0.2) is 30.6 Å². The highest BCUT2D eigenvalue weighted by molar-refractivity contribution is 7.88. The van der Waals surface area contributed by atoms with Crippen LogP contribution in [-0.4, -0.2) is 63.9 Å². The number of sulfonamides is 1. The van der Waals surface area contributed by atoms with E-state index >= 15 is 0 Å². The summed E-state index contributed by atoms with van der Waals surface area (Å²) in [6, 6.07) is 3.82. The van der Waals surface area contributed by atoms with E-state index in [1.54, 1.807) is 0 Å². The van der Waals surface area contributed by atoms with Gasteiger partial charge in [-0.3, -0.25) is 4.98 Å². The van der Waals surface area contributed by atoms with Gasteiger partial charge in [-0.2, -0.15) is 13.2 Å². The highest BCUT2D eigenvalue weighted by Crippen LogP contribution is 2.26. The average Bonchev–Trinajstić information content (AvgIpc) is 3.03. The van der Waals surface area contributed by atoms with Crippen LogP contribution in [0.1, 0.15) is 18.4 Å². The van der Waals surface area contributed by atoms with Crippen LogP contribution in [0.4, 0.5) is 23.5 Å². The third-order valence-corrected chi connectivity index (χ3v) is 6.52. The minimum Gasteiger partial charge on any atom is -0.350 e. The summed E-state index contributed by atoms with van der Waals surface area (Å²) in [5.74, 6) is -0.366. The molecule has 1 saturated heterocycles. The summed E-state index contributed by atoms with van der Waals surface area (Å²) in [4.78, 5) is 8.17. The number of halogens is 4. The van der Waals surface area contributed by atoms with Crippen LogP contribution in [0, 0.1) is 5.82 Å². The summed E-state index contributed by atoms with van der Waals surface area (Å²) in [6.45, 7) is 0.743. The number of nitrogens with one attached hydrogen (secondary N) is 1. The van der Waals surface area contributed by atoms with Gasteiger partial charge in [0.05, 0.1) is 30.3 Å². The molecule has 4 rings (SSSR count). The van der Waals surface area contributed by atoms with Crippen LogP contribution in [0.2, 0.25) is 0 Å². The van der Waals surface area contributed by atoms with Crippen LogP contribution in [0.3, 0.4) is 0 Å². The summed E-state index contributed by atoms with van der Waals surface area (Å²) in [5, 5.41) is 7.45. The molecule has 172 valence electrons. The molecular weight excluding hydrogens is 452 g/mol. The Bertz CT molecular complexity index is 1220. The summed E-state index contributed by atoms with van der Waals surface area (Å²) in [7, 11) is -3.24. The van der Waals surface area contributed by atoms with Gasteiger partial charge in [0.25, 0.3) is 0 Å². The van der Waals surface area contributed by atoms with Gasteiger partial charge in [0.1, 0.15) is 5.52 Å². The van der Waals surface area contributed by atoms with Crippen molar-refractivity contribution >= 4 is 21.5 Å². The van der Waals surface area contributed by atoms with Gasteiger partial charge in [-0.15, -0.1) is 5.10 Å². The second kappa shape index (κ2) is 8.28. The predicted molar refractivity (Wildman–Crippen MR) is 109 cm³/mol. The molecule has 0 radical (unpaired) electrons. The fourth-order valence-electron chi connectivity index (χ4n) is 3.63. The molecule has 3 aromatic heterocycles. The Morgan fingerprint density at radius 1 is 1.16 bits per heavy atom. The molecule has 0 saturated carbocycles. The molecule has 32 heavy (non-hydrogen) atoms. The van der Waals surface area contributed by atoms with Crippen molar-refractivity contribution in [1.29, 1.82) is 0 Å². The fraction of sp³-hybridized carbons (Fsp3) is 0.421. The molecular formula is C19H20F4N6O2S. The third-order valence-electron chi connectivity index (χ3n) is 5.22. The minimum atomic E-state index is -4.34. The van der Waals surface area contributed by atoms with E-state index in [1.165, 1.54) is 39.5 Å². The monoisotopic (exact) mass is 472 g/mol. The first-order chi connectivity index (χ1) is 15.0. The average molecular weight is 472 g/mol. The normalized spacial score (nSPS) is 16.5. The van der Waals surface area contributed by atoms with Crippen molar-refractivity contribution in [2.24, 2.45) is 0 Å². The highest BCUT2D eigenvalue weighted by atomic mass is 32.2. The van der Waals surface area contributed by atoms with Gasteiger partial charge in [-0.1, -0.05) is 6.07 Å². The largest absolute Gasteiger partial charge is 0.393 e. The van der Waals surface area contributed by atoms with Crippen molar-refractivity contribution in [3.63, 3.8) is 0 Å². The highest BCUT2D eigenvalue weighted by Gasteiger charge is 2.28. The van der Waals surface area contributed by atoms with Gasteiger partial charge < -0.3 is 5.32 Å². The number of hydrogen-bond donors (Lipinski definition) is 1. The molecule has 0 bridgehead atoms. The Labute approximate surface area is 181 Å². The van der Waals surface area contributed by atoms with Crippen LogP contribution in [0.5, 0.6) is 0 Å². The van der Waals surface area contributed by atoms with Crippen molar-refractivity contribution in [1.82, 2.24) is 23.9 Å². The van der Waals surface area contributed by atoms with E-state index in [9.17, 15) is 26.0 Å². The smallest absolute Gasteiger partial charge is 0.350 e. The number of piperidine rings is 1. The first-order valence-electron chi connectivity index (χ1n) is 9.77. The van der Waals surface area contributed by atoms with E-state index in [-0.39, 0.29) is 34.5 Å². The zero-order chi connectivity index (χ0) is 23.1. The first-order valence-corrected chi connectivity index (χ1v) is 11.6. The molecule has 0 spiro atoms. The van der Waals surface area contributed by atoms with Crippen LogP contribution in [-0.2, 0) is 16.4 Å². The lowest BCUT2D eigenvalue weighted by atomic mass is 10.1. The summed E-state index contributed by atoms with van der Waals surface area (Å²) in [5.41, 5.74) is 0.632. The Kier molecular flexibility index (Phi) is 5.79. The number of rotatable bonds is 5. The molecule has 8 nitrogen and oxygen atoms in total. The molecule has 3 aromatic rings. The molecule has 4 heterocycles. The van der Waals surface area contributed by atoms with Crippen LogP contribution < -0.4 is 5.32 Å². The topological polar surface area (TPSA) is 92.5 Å². The molecule has 0 amide bonds. The zero-order valence-corrected chi connectivity index (χ0v) is 17.8. The number of pyridine rings is 1. The maximum Gasteiger partial charge on any atom is 0.393 e. The van der Waals surface area contributed by atoms with Gasteiger partial charge >= 0.3 is 6.18 Å².